The molecule has 0 spiro atoms. The molecule has 1 aliphatic rings. The molecule has 4 N–H and O–H groups in total. The molecule has 1 fully saturated rings. The molecule has 116 valence electrons. The van der Waals surface area contributed by atoms with Crippen LogP contribution in [0.5, 0.6) is 0 Å². The number of carbonyl (C=O) groups excluding carboxylic acids is 1. The zero-order valence-corrected chi connectivity index (χ0v) is 12.3. The second-order valence-electron chi connectivity index (χ2n) is 5.14. The highest BCUT2D eigenvalue weighted by molar-refractivity contribution is 7.89. The van der Waals surface area contributed by atoms with E-state index < -0.39 is 33.9 Å². The van der Waals surface area contributed by atoms with Crippen LogP contribution < -0.4 is 10.5 Å². The summed E-state index contributed by atoms with van der Waals surface area (Å²) < 4.78 is 28.3. The lowest BCUT2D eigenvalue weighted by atomic mass is 10.1. The van der Waals surface area contributed by atoms with Gasteiger partial charge in [0.1, 0.15) is 10.6 Å². The summed E-state index contributed by atoms with van der Waals surface area (Å²) in [7, 11) is -2.38. The number of sulfonamides is 1. The zero-order valence-electron chi connectivity index (χ0n) is 11.4. The van der Waals surface area contributed by atoms with Crippen LogP contribution >= 0.6 is 0 Å². The number of carboxylic acid groups (broad SMARTS) is 1. The van der Waals surface area contributed by atoms with Crippen LogP contribution in [0.1, 0.15) is 29.8 Å². The van der Waals surface area contributed by atoms with Crippen LogP contribution in [0.2, 0.25) is 0 Å². The third-order valence-corrected chi connectivity index (χ3v) is 5.14. The minimum absolute atomic E-state index is 0.0663. The van der Waals surface area contributed by atoms with Crippen molar-refractivity contribution in [1.29, 1.82) is 0 Å². The molecule has 1 aromatic heterocycles. The summed E-state index contributed by atoms with van der Waals surface area (Å²) in [6.45, 7) is 0. The van der Waals surface area contributed by atoms with Crippen molar-refractivity contribution in [1.82, 2.24) is 9.29 Å². The molecule has 0 aliphatic heterocycles. The number of aromatic nitrogens is 1. The van der Waals surface area contributed by atoms with E-state index in [1.807, 2.05) is 0 Å². The van der Waals surface area contributed by atoms with Gasteiger partial charge in [-0.25, -0.2) is 13.1 Å². The summed E-state index contributed by atoms with van der Waals surface area (Å²) in [5.74, 6) is -2.46. The standard InChI is InChI=1S/C12H17N3O5S/c1-15-6-7(5-10(15)11(13)16)21(19,20)14-9-4-2-3-8(9)12(17)18/h5-6,8-9,14H,2-4H2,1H3,(H2,13,16)(H,17,18). The Bertz CT molecular complexity index is 679. The largest absolute Gasteiger partial charge is 0.481 e. The number of nitrogens with zero attached hydrogens (tertiary/aromatic N) is 1. The maximum absolute atomic E-state index is 12.3. The maximum Gasteiger partial charge on any atom is 0.308 e. The number of carboxylic acids is 1. The van der Waals surface area contributed by atoms with Gasteiger partial charge in [0, 0.05) is 19.3 Å². The smallest absolute Gasteiger partial charge is 0.308 e. The molecule has 1 heterocycles. The second-order valence-corrected chi connectivity index (χ2v) is 6.85. The first-order chi connectivity index (χ1) is 9.72. The molecule has 2 atom stereocenters. The second kappa shape index (κ2) is 5.49. The number of aliphatic carboxylic acids is 1. The fourth-order valence-electron chi connectivity index (χ4n) is 2.59. The van der Waals surface area contributed by atoms with Gasteiger partial charge in [-0.2, -0.15) is 0 Å². The minimum atomic E-state index is -3.89. The highest BCUT2D eigenvalue weighted by Crippen LogP contribution is 2.27. The number of carbonyl (C=O) groups is 2. The molecule has 21 heavy (non-hydrogen) atoms. The summed E-state index contributed by atoms with van der Waals surface area (Å²) >= 11 is 0. The molecule has 9 heteroatoms. The first-order valence-corrected chi connectivity index (χ1v) is 7.92. The lowest BCUT2D eigenvalue weighted by molar-refractivity contribution is -0.141. The van der Waals surface area contributed by atoms with Gasteiger partial charge in [0.15, 0.2) is 0 Å². The van der Waals surface area contributed by atoms with Crippen molar-refractivity contribution in [3.05, 3.63) is 18.0 Å². The molecule has 1 amide bonds. The van der Waals surface area contributed by atoms with Gasteiger partial charge in [0.25, 0.3) is 5.91 Å². The predicted octanol–water partition coefficient (Wildman–Crippen LogP) is -0.344. The Morgan fingerprint density at radius 3 is 2.62 bits per heavy atom. The van der Waals surface area contributed by atoms with Gasteiger partial charge in [0.2, 0.25) is 10.0 Å². The monoisotopic (exact) mass is 315 g/mol. The van der Waals surface area contributed by atoms with Crippen molar-refractivity contribution in [3.8, 4) is 0 Å². The number of primary amides is 1. The Hall–Kier alpha value is -1.87. The molecule has 0 radical (unpaired) electrons. The van der Waals surface area contributed by atoms with Gasteiger partial charge in [0.05, 0.1) is 5.92 Å². The minimum Gasteiger partial charge on any atom is -0.481 e. The van der Waals surface area contributed by atoms with E-state index in [4.69, 9.17) is 10.8 Å². The van der Waals surface area contributed by atoms with Crippen LogP contribution in [0.15, 0.2) is 17.2 Å². The van der Waals surface area contributed by atoms with Crippen LogP contribution in [-0.2, 0) is 21.9 Å². The van der Waals surface area contributed by atoms with E-state index in [2.05, 4.69) is 4.72 Å². The molecule has 0 bridgehead atoms. The Labute approximate surface area is 122 Å². The highest BCUT2D eigenvalue weighted by atomic mass is 32.2. The highest BCUT2D eigenvalue weighted by Gasteiger charge is 2.36. The number of nitrogens with two attached hydrogens (primary N) is 1. The molecular weight excluding hydrogens is 298 g/mol. The number of hydrogen-bond acceptors (Lipinski definition) is 4. The number of aryl methyl sites for hydroxylation is 1. The number of amides is 1. The molecule has 2 unspecified atom stereocenters. The van der Waals surface area contributed by atoms with E-state index in [0.717, 1.165) is 0 Å². The van der Waals surface area contributed by atoms with Crippen molar-refractivity contribution in [2.45, 2.75) is 30.2 Å². The predicted molar refractivity (Wildman–Crippen MR) is 73.0 cm³/mol. The van der Waals surface area contributed by atoms with Gasteiger partial charge in [-0.1, -0.05) is 6.42 Å². The number of hydrogen-bond donors (Lipinski definition) is 3. The van der Waals surface area contributed by atoms with Crippen molar-refractivity contribution in [3.63, 3.8) is 0 Å². The van der Waals surface area contributed by atoms with E-state index >= 15 is 0 Å². The van der Waals surface area contributed by atoms with Gasteiger partial charge in [-0.05, 0) is 18.9 Å². The van der Waals surface area contributed by atoms with Crippen LogP contribution in [0.25, 0.3) is 0 Å². The fourth-order valence-corrected chi connectivity index (χ4v) is 3.97. The summed E-state index contributed by atoms with van der Waals surface area (Å²) in [5, 5.41) is 9.07. The molecule has 8 nitrogen and oxygen atoms in total. The SMILES string of the molecule is Cn1cc(S(=O)(=O)NC2CCCC2C(=O)O)cc1C(N)=O. The van der Waals surface area contributed by atoms with E-state index in [1.165, 1.54) is 23.9 Å². The molecule has 0 saturated heterocycles. The summed E-state index contributed by atoms with van der Waals surface area (Å²) in [6.07, 6.45) is 2.86. The topological polar surface area (TPSA) is 131 Å². The van der Waals surface area contributed by atoms with Gasteiger partial charge >= 0.3 is 5.97 Å². The third-order valence-electron chi connectivity index (χ3n) is 3.68. The summed E-state index contributed by atoms with van der Waals surface area (Å²) in [5.41, 5.74) is 5.21. The third kappa shape index (κ3) is 3.08. The van der Waals surface area contributed by atoms with E-state index in [9.17, 15) is 18.0 Å². The molecule has 1 aliphatic carbocycles. The fraction of sp³-hybridized carbons (Fsp3) is 0.500. The molecular formula is C12H17N3O5S. The van der Waals surface area contributed by atoms with Crippen molar-refractivity contribution < 1.29 is 23.1 Å². The van der Waals surface area contributed by atoms with Crippen LogP contribution in [0, 0.1) is 5.92 Å². The lowest BCUT2D eigenvalue weighted by Crippen LogP contribution is -2.40. The maximum atomic E-state index is 12.3. The zero-order chi connectivity index (χ0) is 15.8. The Balaban J connectivity index is 2.24. The van der Waals surface area contributed by atoms with E-state index in [-0.39, 0.29) is 10.6 Å². The van der Waals surface area contributed by atoms with Crippen LogP contribution in [-0.4, -0.2) is 36.0 Å². The molecule has 0 aromatic carbocycles. The average molecular weight is 315 g/mol. The Morgan fingerprint density at radius 1 is 1.43 bits per heavy atom. The van der Waals surface area contributed by atoms with Crippen LogP contribution in [0.3, 0.4) is 0 Å². The first-order valence-electron chi connectivity index (χ1n) is 6.43. The molecule has 1 saturated carbocycles. The van der Waals surface area contributed by atoms with E-state index in [0.29, 0.717) is 19.3 Å². The van der Waals surface area contributed by atoms with Gasteiger partial charge in [-0.3, -0.25) is 9.59 Å². The Kier molecular flexibility index (Phi) is 4.06. The average Bonchev–Trinajstić information content (AvgIpc) is 2.95. The molecule has 2 rings (SSSR count). The van der Waals surface area contributed by atoms with Crippen LogP contribution in [0.4, 0.5) is 0 Å². The quantitative estimate of drug-likeness (QED) is 0.683. The number of rotatable bonds is 5. The Morgan fingerprint density at radius 2 is 2.10 bits per heavy atom. The van der Waals surface area contributed by atoms with Crippen molar-refractivity contribution >= 4 is 21.9 Å². The van der Waals surface area contributed by atoms with Gasteiger partial charge in [-0.15, -0.1) is 0 Å². The lowest BCUT2D eigenvalue weighted by Gasteiger charge is -2.16. The number of nitrogens with one attached hydrogen (secondary N) is 1. The van der Waals surface area contributed by atoms with E-state index in [1.54, 1.807) is 0 Å². The van der Waals surface area contributed by atoms with Gasteiger partial charge < -0.3 is 15.4 Å². The summed E-state index contributed by atoms with van der Waals surface area (Å²) in [4.78, 5) is 22.1. The van der Waals surface area contributed by atoms with Crippen molar-refractivity contribution in [2.75, 3.05) is 0 Å². The normalized spacial score (nSPS) is 22.3. The van der Waals surface area contributed by atoms with Crippen molar-refractivity contribution in [2.24, 2.45) is 18.7 Å². The first kappa shape index (κ1) is 15.5. The summed E-state index contributed by atoms with van der Waals surface area (Å²) in [6, 6.07) is 0.541. The molecule has 1 aromatic rings.